The molecule has 0 aliphatic carbocycles. The fourth-order valence-electron chi connectivity index (χ4n) is 3.46. The van der Waals surface area contributed by atoms with Crippen LogP contribution >= 0.6 is 0 Å². The summed E-state index contributed by atoms with van der Waals surface area (Å²) in [5.74, 6) is -0.406. The molecule has 0 amide bonds. The fourth-order valence-corrected chi connectivity index (χ4v) is 3.46. The Morgan fingerprint density at radius 2 is 1.40 bits per heavy atom. The maximum atomic E-state index is 13.0. The van der Waals surface area contributed by atoms with Gasteiger partial charge in [0.2, 0.25) is 0 Å². The van der Waals surface area contributed by atoms with Gasteiger partial charge < -0.3 is 24.1 Å². The monoisotopic (exact) mass is 416 g/mol. The number of aryl methyl sites for hydroxylation is 1. The van der Waals surface area contributed by atoms with E-state index in [1.54, 1.807) is 47.6 Å². The van der Waals surface area contributed by atoms with Crippen molar-refractivity contribution in [3.8, 4) is 17.2 Å². The lowest BCUT2D eigenvalue weighted by Gasteiger charge is -2.21. The molecule has 0 unspecified atom stereocenters. The molecule has 7 heteroatoms. The van der Waals surface area contributed by atoms with Crippen molar-refractivity contribution < 1.29 is 33.6 Å². The van der Waals surface area contributed by atoms with E-state index in [1.165, 1.54) is 14.2 Å². The molecule has 0 saturated heterocycles. The fraction of sp³-hybridized carbons (Fsp3) is 0.391. The Labute approximate surface area is 176 Å². The minimum atomic E-state index is -0.587. The van der Waals surface area contributed by atoms with Gasteiger partial charge in [-0.25, -0.2) is 9.59 Å². The van der Waals surface area contributed by atoms with Crippen LogP contribution in [0.2, 0.25) is 0 Å². The largest absolute Gasteiger partial charge is 0.508 e. The highest BCUT2D eigenvalue weighted by Crippen LogP contribution is 2.39. The molecule has 0 fully saturated rings. The van der Waals surface area contributed by atoms with Crippen LogP contribution in [0.1, 0.15) is 54.1 Å². The number of carbonyl (C=O) groups is 2. The zero-order chi connectivity index (χ0) is 22.7. The lowest BCUT2D eigenvalue weighted by molar-refractivity contribution is -0.0128. The van der Waals surface area contributed by atoms with Crippen molar-refractivity contribution >= 4 is 11.9 Å². The first-order valence-corrected chi connectivity index (χ1v) is 9.42. The van der Waals surface area contributed by atoms with Crippen molar-refractivity contribution in [1.82, 2.24) is 0 Å². The van der Waals surface area contributed by atoms with Crippen molar-refractivity contribution in [3.05, 3.63) is 50.6 Å². The van der Waals surface area contributed by atoms with E-state index < -0.39 is 11.9 Å². The molecule has 162 valence electrons. The number of phenols is 1. The Bertz CT molecular complexity index is 1010. The molecule has 0 aliphatic rings. The number of carbonyl (C=O) groups excluding carboxylic acids is 2. The van der Waals surface area contributed by atoms with Crippen molar-refractivity contribution in [2.75, 3.05) is 21.0 Å². The average Bonchev–Trinajstić information content (AvgIpc) is 2.70. The molecule has 0 radical (unpaired) electrons. The molecule has 0 spiro atoms. The van der Waals surface area contributed by atoms with Gasteiger partial charge in [0.05, 0.1) is 12.7 Å². The molecule has 0 heterocycles. The molecular formula is C23H28O7. The molecule has 2 rings (SSSR count). The van der Waals surface area contributed by atoms with Crippen LogP contribution in [0, 0.1) is 41.5 Å². The summed E-state index contributed by atoms with van der Waals surface area (Å²) in [5, 5.41) is 9.99. The highest BCUT2D eigenvalue weighted by atomic mass is 16.7. The van der Waals surface area contributed by atoms with Crippen LogP contribution in [0.25, 0.3) is 0 Å². The van der Waals surface area contributed by atoms with Gasteiger partial charge in [0, 0.05) is 12.7 Å². The maximum Gasteiger partial charge on any atom is 0.344 e. The maximum absolute atomic E-state index is 13.0. The van der Waals surface area contributed by atoms with Gasteiger partial charge in [0.1, 0.15) is 22.8 Å². The third-order valence-electron chi connectivity index (χ3n) is 5.37. The van der Waals surface area contributed by atoms with Crippen molar-refractivity contribution in [3.63, 3.8) is 0 Å². The van der Waals surface area contributed by atoms with Gasteiger partial charge in [0.25, 0.3) is 0 Å². The number of methoxy groups -OCH3 is 2. The molecule has 0 atom stereocenters. The second kappa shape index (κ2) is 9.17. The predicted molar refractivity (Wildman–Crippen MR) is 112 cm³/mol. The number of rotatable bonds is 6. The summed E-state index contributed by atoms with van der Waals surface area (Å²) < 4.78 is 21.1. The van der Waals surface area contributed by atoms with Gasteiger partial charge in [-0.3, -0.25) is 0 Å². The number of phenolic OH excluding ortho intramolecular Hbond substituents is 1. The van der Waals surface area contributed by atoms with Gasteiger partial charge in [-0.05, 0) is 75.4 Å². The Morgan fingerprint density at radius 3 is 1.97 bits per heavy atom. The molecule has 0 saturated carbocycles. The smallest absolute Gasteiger partial charge is 0.344 e. The minimum Gasteiger partial charge on any atom is -0.508 e. The summed E-state index contributed by atoms with van der Waals surface area (Å²) in [6.45, 7) is 10.3. The Kier molecular flexibility index (Phi) is 7.10. The molecule has 0 aromatic heterocycles. The van der Waals surface area contributed by atoms with Crippen LogP contribution < -0.4 is 9.47 Å². The van der Waals surface area contributed by atoms with Crippen molar-refractivity contribution in [1.29, 1.82) is 0 Å². The van der Waals surface area contributed by atoms with E-state index in [4.69, 9.17) is 18.9 Å². The number of esters is 2. The third-order valence-corrected chi connectivity index (χ3v) is 5.37. The Hall–Kier alpha value is -3.06. The average molecular weight is 416 g/mol. The summed E-state index contributed by atoms with van der Waals surface area (Å²) in [4.78, 5) is 25.6. The summed E-state index contributed by atoms with van der Waals surface area (Å²) in [6.07, 6.45) is 0. The molecule has 30 heavy (non-hydrogen) atoms. The van der Waals surface area contributed by atoms with Crippen LogP contribution in [-0.2, 0) is 9.47 Å². The zero-order valence-electron chi connectivity index (χ0n) is 18.7. The van der Waals surface area contributed by atoms with E-state index in [-0.39, 0.29) is 23.9 Å². The first kappa shape index (κ1) is 23.2. The highest BCUT2D eigenvalue weighted by Gasteiger charge is 2.27. The van der Waals surface area contributed by atoms with E-state index in [0.717, 1.165) is 0 Å². The predicted octanol–water partition coefficient (Wildman–Crippen LogP) is 4.23. The number of hydrogen-bond acceptors (Lipinski definition) is 7. The number of benzene rings is 2. The quantitative estimate of drug-likeness (QED) is 0.428. The van der Waals surface area contributed by atoms with Gasteiger partial charge in [-0.2, -0.15) is 0 Å². The standard InChI is InChI=1S/C23H28O7/c1-11-9-17(24)12(2)13(3)18(11)23(26)30-20-15(5)14(4)19(21(28-8)16(20)6)22(25)29-10-27-7/h9,24H,10H2,1-8H3. The number of ether oxygens (including phenoxy) is 4. The van der Waals surface area contributed by atoms with E-state index in [0.29, 0.717) is 44.7 Å². The molecule has 0 bridgehead atoms. The first-order chi connectivity index (χ1) is 14.1. The molecule has 0 aliphatic heterocycles. The summed E-state index contributed by atoms with van der Waals surface area (Å²) in [7, 11) is 2.86. The number of aromatic hydroxyl groups is 1. The molecule has 1 N–H and O–H groups in total. The summed E-state index contributed by atoms with van der Waals surface area (Å²) in [6, 6.07) is 1.54. The number of hydrogen-bond donors (Lipinski definition) is 1. The first-order valence-electron chi connectivity index (χ1n) is 9.42. The van der Waals surface area contributed by atoms with E-state index >= 15 is 0 Å². The molecule has 2 aromatic carbocycles. The van der Waals surface area contributed by atoms with Gasteiger partial charge in [0.15, 0.2) is 6.79 Å². The highest BCUT2D eigenvalue weighted by molar-refractivity contribution is 5.98. The lowest BCUT2D eigenvalue weighted by Crippen LogP contribution is -2.17. The van der Waals surface area contributed by atoms with Crippen molar-refractivity contribution in [2.24, 2.45) is 0 Å². The Morgan fingerprint density at radius 1 is 0.800 bits per heavy atom. The van der Waals surface area contributed by atoms with E-state index in [1.807, 2.05) is 0 Å². The Balaban J connectivity index is 2.57. The van der Waals surface area contributed by atoms with Crippen molar-refractivity contribution in [2.45, 2.75) is 41.5 Å². The molecule has 7 nitrogen and oxygen atoms in total. The van der Waals surface area contributed by atoms with E-state index in [2.05, 4.69) is 0 Å². The van der Waals surface area contributed by atoms with E-state index in [9.17, 15) is 14.7 Å². The van der Waals surface area contributed by atoms with Crippen LogP contribution in [0.4, 0.5) is 0 Å². The topological polar surface area (TPSA) is 91.3 Å². The second-order valence-electron chi connectivity index (χ2n) is 7.18. The van der Waals surface area contributed by atoms with Crippen LogP contribution in [0.5, 0.6) is 17.2 Å². The van der Waals surface area contributed by atoms with Gasteiger partial charge in [-0.15, -0.1) is 0 Å². The molecular weight excluding hydrogens is 388 g/mol. The third kappa shape index (κ3) is 4.11. The zero-order valence-corrected chi connectivity index (χ0v) is 18.7. The molecule has 2 aromatic rings. The minimum absolute atomic E-state index is 0.130. The van der Waals surface area contributed by atoms with Gasteiger partial charge in [-0.1, -0.05) is 0 Å². The summed E-state index contributed by atoms with van der Waals surface area (Å²) in [5.41, 5.74) is 4.24. The van der Waals surface area contributed by atoms with Gasteiger partial charge >= 0.3 is 11.9 Å². The van der Waals surface area contributed by atoms with Crippen LogP contribution in [0.15, 0.2) is 6.07 Å². The summed E-state index contributed by atoms with van der Waals surface area (Å²) >= 11 is 0. The lowest BCUT2D eigenvalue weighted by atomic mass is 9.96. The second-order valence-corrected chi connectivity index (χ2v) is 7.18. The normalized spacial score (nSPS) is 10.7. The SMILES string of the molecule is COCOC(=O)c1c(C)c(C)c(OC(=O)c2c(C)cc(O)c(C)c2C)c(C)c1OC. The van der Waals surface area contributed by atoms with Crippen LogP contribution in [-0.4, -0.2) is 38.1 Å². The van der Waals surface area contributed by atoms with Crippen LogP contribution in [0.3, 0.4) is 0 Å².